The van der Waals surface area contributed by atoms with E-state index in [0.717, 1.165) is 34.5 Å². The number of carbonyl (C=O) groups is 1. The molecule has 0 aromatic heterocycles. The summed E-state index contributed by atoms with van der Waals surface area (Å²) in [4.78, 5) is 10.9. The first-order valence-electron chi connectivity index (χ1n) is 7.55. The van der Waals surface area contributed by atoms with Gasteiger partial charge in [0.05, 0.1) is 25.9 Å². The SMILES string of the molecule is COc1c(C)c2c(c(OCCSI)c1C/C=C(\C)C=O)C(O)OC2. The third-order valence-electron chi connectivity index (χ3n) is 3.97. The van der Waals surface area contributed by atoms with Gasteiger partial charge in [-0.3, -0.25) is 4.79 Å². The number of allylic oxidation sites excluding steroid dienone is 2. The number of carbonyl (C=O) groups excluding carboxylic acids is 1. The molecule has 0 fully saturated rings. The van der Waals surface area contributed by atoms with E-state index in [0.29, 0.717) is 36.5 Å². The molecule has 0 amide bonds. The molecule has 1 heterocycles. The molecular formula is C17H21IO5S. The van der Waals surface area contributed by atoms with Crippen LogP contribution in [0.25, 0.3) is 0 Å². The average molecular weight is 464 g/mol. The van der Waals surface area contributed by atoms with Crippen molar-refractivity contribution in [1.29, 1.82) is 0 Å². The molecule has 0 bridgehead atoms. The van der Waals surface area contributed by atoms with Crippen LogP contribution in [0, 0.1) is 6.92 Å². The van der Waals surface area contributed by atoms with Crippen LogP contribution >= 0.6 is 30.1 Å². The number of fused-ring (bicyclic) bond motifs is 1. The van der Waals surface area contributed by atoms with Crippen LogP contribution in [0.4, 0.5) is 0 Å². The smallest absolute Gasteiger partial charge is 0.185 e. The second-order valence-electron chi connectivity index (χ2n) is 5.45. The molecule has 1 unspecified atom stereocenters. The molecule has 24 heavy (non-hydrogen) atoms. The van der Waals surface area contributed by atoms with E-state index in [1.165, 1.54) is 0 Å². The Morgan fingerprint density at radius 3 is 2.88 bits per heavy atom. The number of ether oxygens (including phenoxy) is 3. The summed E-state index contributed by atoms with van der Waals surface area (Å²) >= 11 is 2.22. The van der Waals surface area contributed by atoms with Crippen molar-refractivity contribution in [3.63, 3.8) is 0 Å². The summed E-state index contributed by atoms with van der Waals surface area (Å²) in [6, 6.07) is 0. The first kappa shape index (κ1) is 19.6. The van der Waals surface area contributed by atoms with Crippen molar-refractivity contribution in [3.8, 4) is 11.5 Å². The minimum Gasteiger partial charge on any atom is -0.496 e. The van der Waals surface area contributed by atoms with Crippen LogP contribution in [0.15, 0.2) is 11.6 Å². The number of halogens is 1. The number of hydrogen-bond donors (Lipinski definition) is 1. The summed E-state index contributed by atoms with van der Waals surface area (Å²) in [6.07, 6.45) is 2.14. The lowest BCUT2D eigenvalue weighted by Gasteiger charge is -2.21. The molecule has 1 aliphatic heterocycles. The summed E-state index contributed by atoms with van der Waals surface area (Å²) in [7, 11) is 3.27. The summed E-state index contributed by atoms with van der Waals surface area (Å²) in [5.41, 5.74) is 4.00. The molecule has 1 aliphatic rings. The average Bonchev–Trinajstić information content (AvgIpc) is 2.97. The van der Waals surface area contributed by atoms with Gasteiger partial charge in [-0.1, -0.05) is 15.0 Å². The zero-order valence-corrected chi connectivity index (χ0v) is 16.9. The summed E-state index contributed by atoms with van der Waals surface area (Å²) in [5, 5.41) is 10.2. The molecule has 2 rings (SSSR count). The Morgan fingerprint density at radius 1 is 1.50 bits per heavy atom. The van der Waals surface area contributed by atoms with Gasteiger partial charge in [0.15, 0.2) is 6.29 Å². The molecule has 0 saturated carbocycles. The quantitative estimate of drug-likeness (QED) is 0.274. The minimum atomic E-state index is -0.998. The van der Waals surface area contributed by atoms with Gasteiger partial charge in [0.2, 0.25) is 0 Å². The third kappa shape index (κ3) is 4.07. The van der Waals surface area contributed by atoms with E-state index in [2.05, 4.69) is 21.2 Å². The van der Waals surface area contributed by atoms with Gasteiger partial charge in [-0.25, -0.2) is 0 Å². The Balaban J connectivity index is 2.57. The molecule has 1 N–H and O–H groups in total. The summed E-state index contributed by atoms with van der Waals surface area (Å²) in [5.74, 6) is 2.15. The molecule has 1 atom stereocenters. The van der Waals surface area contributed by atoms with Crippen molar-refractivity contribution in [2.24, 2.45) is 0 Å². The second-order valence-corrected chi connectivity index (χ2v) is 7.95. The fourth-order valence-electron chi connectivity index (χ4n) is 2.77. The van der Waals surface area contributed by atoms with Crippen molar-refractivity contribution < 1.29 is 24.1 Å². The van der Waals surface area contributed by atoms with Crippen LogP contribution in [0.2, 0.25) is 0 Å². The molecule has 0 spiro atoms. The maximum absolute atomic E-state index is 10.9. The van der Waals surface area contributed by atoms with Crippen molar-refractivity contribution in [3.05, 3.63) is 33.9 Å². The van der Waals surface area contributed by atoms with Gasteiger partial charge in [0.25, 0.3) is 0 Å². The number of rotatable bonds is 8. The number of hydrogen-bond acceptors (Lipinski definition) is 6. The number of methoxy groups -OCH3 is 1. The van der Waals surface area contributed by atoms with Crippen LogP contribution in [-0.4, -0.2) is 30.9 Å². The third-order valence-corrected chi connectivity index (χ3v) is 5.61. The van der Waals surface area contributed by atoms with E-state index >= 15 is 0 Å². The van der Waals surface area contributed by atoms with Crippen LogP contribution < -0.4 is 9.47 Å². The van der Waals surface area contributed by atoms with Crippen molar-refractivity contribution in [1.82, 2.24) is 0 Å². The van der Waals surface area contributed by atoms with Gasteiger partial charge >= 0.3 is 0 Å². The highest BCUT2D eigenvalue weighted by Gasteiger charge is 2.32. The first-order valence-corrected chi connectivity index (χ1v) is 11.1. The summed E-state index contributed by atoms with van der Waals surface area (Å²) in [6.45, 7) is 4.55. The molecule has 5 nitrogen and oxygen atoms in total. The number of benzene rings is 1. The maximum atomic E-state index is 10.9. The number of aliphatic hydroxyl groups is 1. The molecule has 0 saturated heterocycles. The van der Waals surface area contributed by atoms with Crippen LogP contribution in [0.5, 0.6) is 11.5 Å². The second kappa shape index (κ2) is 9.07. The van der Waals surface area contributed by atoms with E-state index in [4.69, 9.17) is 14.2 Å². The zero-order valence-electron chi connectivity index (χ0n) is 13.9. The Kier molecular flexibility index (Phi) is 7.39. The van der Waals surface area contributed by atoms with E-state index < -0.39 is 6.29 Å². The van der Waals surface area contributed by atoms with Gasteiger partial charge in [0.1, 0.15) is 17.8 Å². The first-order chi connectivity index (χ1) is 11.5. The van der Waals surface area contributed by atoms with Crippen LogP contribution in [0.3, 0.4) is 0 Å². The topological polar surface area (TPSA) is 65.0 Å². The van der Waals surface area contributed by atoms with E-state index in [9.17, 15) is 9.90 Å². The lowest BCUT2D eigenvalue weighted by molar-refractivity contribution is -0.104. The highest BCUT2D eigenvalue weighted by Crippen LogP contribution is 2.46. The van der Waals surface area contributed by atoms with E-state index in [-0.39, 0.29) is 0 Å². The van der Waals surface area contributed by atoms with Crippen molar-refractivity contribution in [2.45, 2.75) is 33.2 Å². The minimum absolute atomic E-state index is 0.333. The molecular weight excluding hydrogens is 443 g/mol. The zero-order chi connectivity index (χ0) is 17.7. The van der Waals surface area contributed by atoms with Gasteiger partial charge in [-0.05, 0) is 58.2 Å². The van der Waals surface area contributed by atoms with Gasteiger partial charge in [-0.15, -0.1) is 0 Å². The Bertz CT molecular complexity index is 645. The lowest BCUT2D eigenvalue weighted by atomic mass is 9.94. The Morgan fingerprint density at radius 2 is 2.25 bits per heavy atom. The molecule has 7 heteroatoms. The van der Waals surface area contributed by atoms with Crippen LogP contribution in [-0.2, 0) is 22.6 Å². The lowest BCUT2D eigenvalue weighted by Crippen LogP contribution is -2.10. The van der Waals surface area contributed by atoms with Crippen LogP contribution in [0.1, 0.15) is 35.5 Å². The van der Waals surface area contributed by atoms with Crippen molar-refractivity contribution in [2.75, 3.05) is 19.5 Å². The Labute approximate surface area is 158 Å². The summed E-state index contributed by atoms with van der Waals surface area (Å²) < 4.78 is 17.0. The predicted octanol–water partition coefficient (Wildman–Crippen LogP) is 3.67. The van der Waals surface area contributed by atoms with Crippen molar-refractivity contribution >= 4 is 36.4 Å². The standard InChI is InChI=1S/C17H21IO5S/c1-10(8-19)4-5-12-15(21-3)11(2)13-9-23-17(20)14(13)16(12)22-6-7-24-18/h4,8,17,20H,5-7,9H2,1-3H3/b10-4+. The maximum Gasteiger partial charge on any atom is 0.185 e. The number of aliphatic hydroxyl groups excluding tert-OH is 1. The fraction of sp³-hybridized carbons (Fsp3) is 0.471. The molecule has 132 valence electrons. The number of aldehydes is 1. The molecule has 0 radical (unpaired) electrons. The molecule has 1 aromatic carbocycles. The molecule has 1 aromatic rings. The largest absolute Gasteiger partial charge is 0.496 e. The van der Waals surface area contributed by atoms with Gasteiger partial charge < -0.3 is 19.3 Å². The Hall–Kier alpha value is -0.770. The van der Waals surface area contributed by atoms with E-state index in [1.807, 2.05) is 13.0 Å². The van der Waals surface area contributed by atoms with Gasteiger partial charge in [0, 0.05) is 11.3 Å². The molecule has 0 aliphatic carbocycles. The van der Waals surface area contributed by atoms with E-state index in [1.54, 1.807) is 23.0 Å². The van der Waals surface area contributed by atoms with Gasteiger partial charge in [-0.2, -0.15) is 0 Å². The highest BCUT2D eigenvalue weighted by molar-refractivity contribution is 14.2. The fourth-order valence-corrected chi connectivity index (χ4v) is 3.46. The highest BCUT2D eigenvalue weighted by atomic mass is 127. The monoisotopic (exact) mass is 464 g/mol. The predicted molar refractivity (Wildman–Crippen MR) is 103 cm³/mol. The normalized spacial score (nSPS) is 16.9.